The Morgan fingerprint density at radius 1 is 1.04 bits per heavy atom. The molecule has 1 heterocycles. The Kier molecular flexibility index (Phi) is 5.63. The van der Waals surface area contributed by atoms with Crippen molar-refractivity contribution >= 4 is 29.1 Å². The Hall–Kier alpha value is -4.18. The van der Waals surface area contributed by atoms with E-state index >= 15 is 0 Å². The minimum Gasteiger partial charge on any atom is -0.465 e. The van der Waals surface area contributed by atoms with Crippen LogP contribution in [0.3, 0.4) is 0 Å². The number of ether oxygens (including phenoxy) is 1. The van der Waals surface area contributed by atoms with Gasteiger partial charge in [0.15, 0.2) is 0 Å². The number of anilines is 3. The van der Waals surface area contributed by atoms with E-state index in [9.17, 15) is 9.59 Å². The molecule has 0 aliphatic carbocycles. The summed E-state index contributed by atoms with van der Waals surface area (Å²) in [5.41, 5.74) is 2.25. The number of hydrogen-bond acceptors (Lipinski definition) is 6. The highest BCUT2D eigenvalue weighted by Gasteiger charge is 2.10. The van der Waals surface area contributed by atoms with Crippen molar-refractivity contribution in [3.8, 4) is 6.07 Å². The number of benzene rings is 2. The molecule has 138 valence electrons. The van der Waals surface area contributed by atoms with Gasteiger partial charge in [0.25, 0.3) is 5.91 Å². The van der Waals surface area contributed by atoms with Crippen LogP contribution in [0.5, 0.6) is 0 Å². The number of hydrogen-bond donors (Lipinski definition) is 2. The van der Waals surface area contributed by atoms with Gasteiger partial charge in [0.2, 0.25) is 0 Å². The normalized spacial score (nSPS) is 9.86. The zero-order valence-electron chi connectivity index (χ0n) is 15.0. The first kappa shape index (κ1) is 18.6. The van der Waals surface area contributed by atoms with Gasteiger partial charge in [-0.1, -0.05) is 18.2 Å². The Bertz CT molecular complexity index is 1060. The highest BCUT2D eigenvalue weighted by molar-refractivity contribution is 6.04. The van der Waals surface area contributed by atoms with Crippen LogP contribution in [0.25, 0.3) is 0 Å². The average Bonchev–Trinajstić information content (AvgIpc) is 2.74. The summed E-state index contributed by atoms with van der Waals surface area (Å²) in [6.45, 7) is 0. The number of carbonyl (C=O) groups excluding carboxylic acids is 2. The van der Waals surface area contributed by atoms with Crippen LogP contribution < -0.4 is 10.6 Å². The second-order valence-electron chi connectivity index (χ2n) is 5.74. The molecule has 3 rings (SSSR count). The number of methoxy groups -OCH3 is 1. The van der Waals surface area contributed by atoms with E-state index in [1.54, 1.807) is 60.7 Å². The van der Waals surface area contributed by atoms with Gasteiger partial charge in [-0.15, -0.1) is 0 Å². The Morgan fingerprint density at radius 3 is 2.57 bits per heavy atom. The van der Waals surface area contributed by atoms with Crippen molar-refractivity contribution in [1.82, 2.24) is 4.98 Å². The van der Waals surface area contributed by atoms with Crippen molar-refractivity contribution in [2.75, 3.05) is 17.7 Å². The third kappa shape index (κ3) is 4.31. The highest BCUT2D eigenvalue weighted by Crippen LogP contribution is 2.18. The number of nitrogens with zero attached hydrogens (tertiary/aromatic N) is 2. The molecule has 0 saturated heterocycles. The minimum atomic E-state index is -0.429. The molecule has 0 atom stereocenters. The number of nitrogens with one attached hydrogen (secondary N) is 2. The first-order chi connectivity index (χ1) is 13.6. The third-order valence-electron chi connectivity index (χ3n) is 3.88. The molecule has 7 heteroatoms. The minimum absolute atomic E-state index is 0.349. The second kappa shape index (κ2) is 8.47. The predicted octanol–water partition coefficient (Wildman–Crippen LogP) is 3.74. The molecule has 28 heavy (non-hydrogen) atoms. The molecule has 2 aromatic carbocycles. The summed E-state index contributed by atoms with van der Waals surface area (Å²) in [5, 5.41) is 14.9. The summed E-state index contributed by atoms with van der Waals surface area (Å²) in [4.78, 5) is 28.2. The SMILES string of the molecule is COC(=O)c1cccc(Nc2ccc(C(=O)Nc3ccccc3C#N)cn2)c1. The van der Waals surface area contributed by atoms with Crippen LogP contribution in [0.15, 0.2) is 66.9 Å². The van der Waals surface area contributed by atoms with Gasteiger partial charge in [0.05, 0.1) is 29.5 Å². The monoisotopic (exact) mass is 372 g/mol. The molecular formula is C21H16N4O3. The van der Waals surface area contributed by atoms with Gasteiger partial charge < -0.3 is 15.4 Å². The molecule has 3 aromatic rings. The van der Waals surface area contributed by atoms with Crippen molar-refractivity contribution < 1.29 is 14.3 Å². The molecule has 0 bridgehead atoms. The second-order valence-corrected chi connectivity index (χ2v) is 5.74. The molecule has 2 N–H and O–H groups in total. The Morgan fingerprint density at radius 2 is 1.86 bits per heavy atom. The van der Waals surface area contributed by atoms with E-state index in [0.717, 1.165) is 0 Å². The smallest absolute Gasteiger partial charge is 0.337 e. The van der Waals surface area contributed by atoms with Gasteiger partial charge >= 0.3 is 5.97 Å². The molecule has 7 nitrogen and oxygen atoms in total. The molecule has 1 amide bonds. The number of pyridine rings is 1. The zero-order chi connectivity index (χ0) is 19.9. The van der Waals surface area contributed by atoms with E-state index in [1.807, 2.05) is 6.07 Å². The number of para-hydroxylation sites is 1. The van der Waals surface area contributed by atoms with Gasteiger partial charge in [0, 0.05) is 11.9 Å². The number of amides is 1. The molecule has 0 aliphatic heterocycles. The van der Waals surface area contributed by atoms with Crippen LogP contribution in [-0.4, -0.2) is 24.0 Å². The first-order valence-corrected chi connectivity index (χ1v) is 8.32. The number of esters is 1. The van der Waals surface area contributed by atoms with Gasteiger partial charge in [-0.05, 0) is 42.5 Å². The van der Waals surface area contributed by atoms with E-state index in [2.05, 4.69) is 15.6 Å². The highest BCUT2D eigenvalue weighted by atomic mass is 16.5. The van der Waals surface area contributed by atoms with E-state index in [0.29, 0.717) is 33.9 Å². The number of nitriles is 1. The summed E-state index contributed by atoms with van der Waals surface area (Å²) in [6, 6.07) is 18.9. The van der Waals surface area contributed by atoms with Crippen LogP contribution in [0.2, 0.25) is 0 Å². The van der Waals surface area contributed by atoms with Crippen LogP contribution >= 0.6 is 0 Å². The van der Waals surface area contributed by atoms with Gasteiger partial charge in [-0.25, -0.2) is 9.78 Å². The fourth-order valence-corrected chi connectivity index (χ4v) is 2.48. The summed E-state index contributed by atoms with van der Waals surface area (Å²) in [5.74, 6) is -0.285. The zero-order valence-corrected chi connectivity index (χ0v) is 15.0. The topological polar surface area (TPSA) is 104 Å². The van der Waals surface area contributed by atoms with Crippen molar-refractivity contribution in [3.05, 3.63) is 83.6 Å². The predicted molar refractivity (Wildman–Crippen MR) is 104 cm³/mol. The molecule has 1 aromatic heterocycles. The van der Waals surface area contributed by atoms with Crippen molar-refractivity contribution in [3.63, 3.8) is 0 Å². The standard InChI is InChI=1S/C21H16N4O3/c1-28-21(27)14-6-4-7-17(11-14)24-19-10-9-16(13-23-19)20(26)25-18-8-3-2-5-15(18)12-22/h2-11,13H,1H3,(H,23,24)(H,25,26). The van der Waals surface area contributed by atoms with E-state index in [4.69, 9.17) is 10.00 Å². The third-order valence-corrected chi connectivity index (χ3v) is 3.88. The number of rotatable bonds is 5. The molecule has 0 saturated carbocycles. The maximum absolute atomic E-state index is 12.4. The quantitative estimate of drug-likeness (QED) is 0.661. The molecular weight excluding hydrogens is 356 g/mol. The van der Waals surface area contributed by atoms with Crippen LogP contribution in [0.1, 0.15) is 26.3 Å². The van der Waals surface area contributed by atoms with Crippen LogP contribution in [0, 0.1) is 11.3 Å². The lowest BCUT2D eigenvalue weighted by atomic mass is 10.2. The van der Waals surface area contributed by atoms with E-state index in [1.165, 1.54) is 13.3 Å². The maximum atomic E-state index is 12.4. The van der Waals surface area contributed by atoms with Gasteiger partial charge in [-0.2, -0.15) is 5.26 Å². The molecule has 0 aliphatic rings. The summed E-state index contributed by atoms with van der Waals surface area (Å²) >= 11 is 0. The lowest BCUT2D eigenvalue weighted by Crippen LogP contribution is -2.13. The van der Waals surface area contributed by atoms with Crippen molar-refractivity contribution in [2.45, 2.75) is 0 Å². The molecule has 0 fully saturated rings. The van der Waals surface area contributed by atoms with E-state index < -0.39 is 5.97 Å². The maximum Gasteiger partial charge on any atom is 0.337 e. The van der Waals surface area contributed by atoms with Crippen LogP contribution in [0.4, 0.5) is 17.2 Å². The lowest BCUT2D eigenvalue weighted by Gasteiger charge is -2.09. The van der Waals surface area contributed by atoms with Crippen molar-refractivity contribution in [1.29, 1.82) is 5.26 Å². The Labute approximate surface area is 161 Å². The largest absolute Gasteiger partial charge is 0.465 e. The summed E-state index contributed by atoms with van der Waals surface area (Å²) < 4.78 is 4.70. The molecule has 0 unspecified atom stereocenters. The molecule has 0 spiro atoms. The van der Waals surface area contributed by atoms with Crippen molar-refractivity contribution in [2.24, 2.45) is 0 Å². The number of aromatic nitrogens is 1. The first-order valence-electron chi connectivity index (χ1n) is 8.32. The Balaban J connectivity index is 1.71. The van der Waals surface area contributed by atoms with Gasteiger partial charge in [-0.3, -0.25) is 4.79 Å². The summed E-state index contributed by atoms with van der Waals surface area (Å²) in [7, 11) is 1.32. The van der Waals surface area contributed by atoms with Gasteiger partial charge in [0.1, 0.15) is 11.9 Å². The molecule has 0 radical (unpaired) electrons. The van der Waals surface area contributed by atoms with E-state index in [-0.39, 0.29) is 5.91 Å². The fraction of sp³-hybridized carbons (Fsp3) is 0.0476. The fourth-order valence-electron chi connectivity index (χ4n) is 2.48. The summed E-state index contributed by atoms with van der Waals surface area (Å²) in [6.07, 6.45) is 1.43. The van der Waals surface area contributed by atoms with Crippen LogP contribution in [-0.2, 0) is 4.74 Å². The average molecular weight is 372 g/mol. The number of carbonyl (C=O) groups is 2. The lowest BCUT2D eigenvalue weighted by molar-refractivity contribution is 0.0600.